The lowest BCUT2D eigenvalue weighted by Crippen LogP contribution is -2.33. The lowest BCUT2D eigenvalue weighted by atomic mass is 9.84. The van der Waals surface area contributed by atoms with Crippen LogP contribution in [-0.4, -0.2) is 6.04 Å². The van der Waals surface area contributed by atoms with Crippen LogP contribution in [0.2, 0.25) is 0 Å². The van der Waals surface area contributed by atoms with E-state index in [1.807, 2.05) is 11.3 Å². The van der Waals surface area contributed by atoms with E-state index in [1.165, 1.54) is 37.0 Å². The first-order chi connectivity index (χ1) is 7.36. The molecule has 1 nitrogen and oxygen atoms in total. The topological polar surface area (TPSA) is 12.0 Å². The van der Waals surface area contributed by atoms with Gasteiger partial charge in [0, 0.05) is 17.5 Å². The third-order valence-corrected chi connectivity index (χ3v) is 4.41. The molecule has 0 spiro atoms. The summed E-state index contributed by atoms with van der Waals surface area (Å²) < 4.78 is 0. The lowest BCUT2D eigenvalue weighted by Gasteiger charge is -2.28. The van der Waals surface area contributed by atoms with Crippen molar-refractivity contribution in [1.82, 2.24) is 5.32 Å². The summed E-state index contributed by atoms with van der Waals surface area (Å²) in [7, 11) is 0. The molecule has 0 aromatic carbocycles. The van der Waals surface area contributed by atoms with E-state index < -0.39 is 0 Å². The molecule has 1 fully saturated rings. The fourth-order valence-corrected chi connectivity index (χ4v) is 3.13. The molecule has 1 atom stereocenters. The Morgan fingerprint density at radius 3 is 2.87 bits per heavy atom. The molecule has 0 unspecified atom stereocenters. The maximum Gasteiger partial charge on any atom is 0.0302 e. The molecule has 2 rings (SSSR count). The van der Waals surface area contributed by atoms with E-state index in [0.29, 0.717) is 6.04 Å². The SMILES string of the molecule is C[C@H](NCc1cccs1)C1CCCCC1. The fourth-order valence-electron chi connectivity index (χ4n) is 2.48. The fraction of sp³-hybridized carbons (Fsp3) is 0.692. The highest BCUT2D eigenvalue weighted by molar-refractivity contribution is 7.09. The Bertz CT molecular complexity index is 262. The number of hydrogen-bond donors (Lipinski definition) is 1. The van der Waals surface area contributed by atoms with Gasteiger partial charge in [0.15, 0.2) is 0 Å². The van der Waals surface area contributed by atoms with Crippen molar-refractivity contribution in [2.24, 2.45) is 5.92 Å². The average molecular weight is 223 g/mol. The highest BCUT2D eigenvalue weighted by atomic mass is 32.1. The van der Waals surface area contributed by atoms with Gasteiger partial charge in [-0.25, -0.2) is 0 Å². The predicted molar refractivity (Wildman–Crippen MR) is 67.2 cm³/mol. The van der Waals surface area contributed by atoms with Crippen LogP contribution in [0, 0.1) is 5.92 Å². The van der Waals surface area contributed by atoms with E-state index in [1.54, 1.807) is 0 Å². The van der Waals surface area contributed by atoms with Crippen molar-refractivity contribution in [1.29, 1.82) is 0 Å². The predicted octanol–water partition coefficient (Wildman–Crippen LogP) is 3.81. The average Bonchev–Trinajstić information content (AvgIpc) is 2.80. The van der Waals surface area contributed by atoms with Crippen LogP contribution < -0.4 is 5.32 Å². The third kappa shape index (κ3) is 3.32. The molecule has 0 bridgehead atoms. The van der Waals surface area contributed by atoms with Crippen molar-refractivity contribution in [3.05, 3.63) is 22.4 Å². The largest absolute Gasteiger partial charge is 0.309 e. The number of thiophene rings is 1. The van der Waals surface area contributed by atoms with Gasteiger partial charge in [-0.2, -0.15) is 0 Å². The lowest BCUT2D eigenvalue weighted by molar-refractivity contribution is 0.281. The summed E-state index contributed by atoms with van der Waals surface area (Å²) in [6, 6.07) is 5.03. The molecule has 15 heavy (non-hydrogen) atoms. The number of hydrogen-bond acceptors (Lipinski definition) is 2. The van der Waals surface area contributed by atoms with Crippen LogP contribution in [0.3, 0.4) is 0 Å². The molecular weight excluding hydrogens is 202 g/mol. The molecule has 0 saturated heterocycles. The van der Waals surface area contributed by atoms with Crippen LogP contribution in [0.4, 0.5) is 0 Å². The van der Waals surface area contributed by atoms with Crippen molar-refractivity contribution >= 4 is 11.3 Å². The zero-order valence-electron chi connectivity index (χ0n) is 9.54. The first-order valence-electron chi connectivity index (χ1n) is 6.12. The molecule has 0 aliphatic heterocycles. The molecule has 2 heteroatoms. The van der Waals surface area contributed by atoms with Gasteiger partial charge in [-0.05, 0) is 37.1 Å². The molecule has 1 heterocycles. The van der Waals surface area contributed by atoms with Gasteiger partial charge >= 0.3 is 0 Å². The summed E-state index contributed by atoms with van der Waals surface area (Å²) >= 11 is 1.85. The summed E-state index contributed by atoms with van der Waals surface area (Å²) in [5.41, 5.74) is 0. The van der Waals surface area contributed by atoms with Gasteiger partial charge in [-0.3, -0.25) is 0 Å². The Balaban J connectivity index is 1.74. The summed E-state index contributed by atoms with van der Waals surface area (Å²) in [4.78, 5) is 1.46. The standard InChI is InChI=1S/C13H21NS/c1-11(12-6-3-2-4-7-12)14-10-13-8-5-9-15-13/h5,8-9,11-12,14H,2-4,6-7,10H2,1H3/t11-/m0/s1. The van der Waals surface area contributed by atoms with Crippen LogP contribution >= 0.6 is 11.3 Å². The van der Waals surface area contributed by atoms with E-state index in [4.69, 9.17) is 0 Å². The first-order valence-corrected chi connectivity index (χ1v) is 7.00. The molecule has 1 aliphatic carbocycles. The molecular formula is C13H21NS. The monoisotopic (exact) mass is 223 g/mol. The Morgan fingerprint density at radius 1 is 1.40 bits per heavy atom. The molecule has 1 aromatic heterocycles. The van der Waals surface area contributed by atoms with Gasteiger partial charge in [-0.15, -0.1) is 11.3 Å². The number of rotatable bonds is 4. The van der Waals surface area contributed by atoms with Gasteiger partial charge in [0.1, 0.15) is 0 Å². The van der Waals surface area contributed by atoms with Crippen molar-refractivity contribution < 1.29 is 0 Å². The van der Waals surface area contributed by atoms with E-state index in [9.17, 15) is 0 Å². The zero-order chi connectivity index (χ0) is 10.5. The zero-order valence-corrected chi connectivity index (χ0v) is 10.4. The van der Waals surface area contributed by atoms with Crippen LogP contribution in [-0.2, 0) is 6.54 Å². The maximum absolute atomic E-state index is 3.67. The molecule has 0 amide bonds. The van der Waals surface area contributed by atoms with Gasteiger partial charge in [0.05, 0.1) is 0 Å². The molecule has 1 N–H and O–H groups in total. The minimum Gasteiger partial charge on any atom is -0.309 e. The first kappa shape index (κ1) is 11.2. The van der Waals surface area contributed by atoms with E-state index in [-0.39, 0.29) is 0 Å². The number of nitrogens with one attached hydrogen (secondary N) is 1. The Morgan fingerprint density at radius 2 is 2.20 bits per heavy atom. The molecule has 84 valence electrons. The van der Waals surface area contributed by atoms with Gasteiger partial charge < -0.3 is 5.32 Å². The molecule has 0 radical (unpaired) electrons. The molecule has 1 aliphatic rings. The smallest absolute Gasteiger partial charge is 0.0302 e. The Kier molecular flexibility index (Phi) is 4.21. The van der Waals surface area contributed by atoms with Crippen molar-refractivity contribution in [3.63, 3.8) is 0 Å². The van der Waals surface area contributed by atoms with Gasteiger partial charge in [-0.1, -0.05) is 25.3 Å². The summed E-state index contributed by atoms with van der Waals surface area (Å²) in [5.74, 6) is 0.915. The Labute approximate surface area is 96.9 Å². The quantitative estimate of drug-likeness (QED) is 0.818. The van der Waals surface area contributed by atoms with Crippen LogP contribution in [0.25, 0.3) is 0 Å². The van der Waals surface area contributed by atoms with Crippen molar-refractivity contribution in [3.8, 4) is 0 Å². The highest BCUT2D eigenvalue weighted by Gasteiger charge is 2.19. The van der Waals surface area contributed by atoms with Crippen LogP contribution in [0.5, 0.6) is 0 Å². The minimum atomic E-state index is 0.687. The Hall–Kier alpha value is -0.340. The minimum absolute atomic E-state index is 0.687. The van der Waals surface area contributed by atoms with Crippen LogP contribution in [0.1, 0.15) is 43.9 Å². The highest BCUT2D eigenvalue weighted by Crippen LogP contribution is 2.26. The second-order valence-corrected chi connectivity index (χ2v) is 5.68. The van der Waals surface area contributed by atoms with Gasteiger partial charge in [0.2, 0.25) is 0 Å². The molecule has 1 aromatic rings. The normalized spacial score (nSPS) is 20.3. The third-order valence-electron chi connectivity index (χ3n) is 3.54. The molecule has 1 saturated carbocycles. The second kappa shape index (κ2) is 5.66. The van der Waals surface area contributed by atoms with Gasteiger partial charge in [0.25, 0.3) is 0 Å². The van der Waals surface area contributed by atoms with Crippen molar-refractivity contribution in [2.75, 3.05) is 0 Å². The van der Waals surface area contributed by atoms with E-state index in [0.717, 1.165) is 12.5 Å². The summed E-state index contributed by atoms with van der Waals surface area (Å²) in [5, 5.41) is 5.82. The summed E-state index contributed by atoms with van der Waals surface area (Å²) in [6.07, 6.45) is 7.19. The second-order valence-electron chi connectivity index (χ2n) is 4.65. The van der Waals surface area contributed by atoms with E-state index >= 15 is 0 Å². The maximum atomic E-state index is 3.67. The summed E-state index contributed by atoms with van der Waals surface area (Å²) in [6.45, 7) is 3.40. The van der Waals surface area contributed by atoms with Crippen molar-refractivity contribution in [2.45, 2.75) is 51.6 Å². The van der Waals surface area contributed by atoms with Crippen LogP contribution in [0.15, 0.2) is 17.5 Å². The van der Waals surface area contributed by atoms with E-state index in [2.05, 4.69) is 29.8 Å².